The highest BCUT2D eigenvalue weighted by Crippen LogP contribution is 2.11. The standard InChI is InChI=1S/C14H22NO/c1-3-4-5-7-10-14(13(2)16)15-11-8-6-9-12-15/h6,8-9,11-12,14H,3-5,7,10H2,1-2H3/q+1. The summed E-state index contributed by atoms with van der Waals surface area (Å²) in [6.07, 6.45) is 9.79. The third-order valence-electron chi connectivity index (χ3n) is 2.90. The van der Waals surface area contributed by atoms with Gasteiger partial charge in [0.1, 0.15) is 0 Å². The minimum atomic E-state index is 0.0260. The van der Waals surface area contributed by atoms with E-state index in [0.29, 0.717) is 0 Å². The lowest BCUT2D eigenvalue weighted by Gasteiger charge is -2.08. The molecule has 0 aliphatic carbocycles. The fraction of sp³-hybridized carbons (Fsp3) is 0.571. The van der Waals surface area contributed by atoms with E-state index in [1.807, 2.05) is 35.2 Å². The lowest BCUT2D eigenvalue weighted by molar-refractivity contribution is -0.709. The van der Waals surface area contributed by atoms with E-state index in [1.54, 1.807) is 6.92 Å². The molecule has 0 aliphatic heterocycles. The summed E-state index contributed by atoms with van der Waals surface area (Å²) in [5.41, 5.74) is 0. The summed E-state index contributed by atoms with van der Waals surface area (Å²) in [5.74, 6) is 0.257. The molecule has 0 aliphatic rings. The van der Waals surface area contributed by atoms with Crippen LogP contribution in [0.2, 0.25) is 0 Å². The molecule has 0 saturated heterocycles. The van der Waals surface area contributed by atoms with Gasteiger partial charge >= 0.3 is 0 Å². The Labute approximate surface area is 98.3 Å². The minimum absolute atomic E-state index is 0.0260. The molecule has 0 radical (unpaired) electrons. The number of carbonyl (C=O) groups excluding carboxylic acids is 1. The highest BCUT2D eigenvalue weighted by molar-refractivity contribution is 5.78. The predicted molar refractivity (Wildman–Crippen MR) is 65.1 cm³/mol. The highest BCUT2D eigenvalue weighted by Gasteiger charge is 2.22. The van der Waals surface area contributed by atoms with Crippen LogP contribution in [0.3, 0.4) is 0 Å². The number of ketones is 1. The van der Waals surface area contributed by atoms with Crippen LogP contribution in [0, 0.1) is 0 Å². The largest absolute Gasteiger partial charge is 0.293 e. The smallest absolute Gasteiger partial charge is 0.215 e. The van der Waals surface area contributed by atoms with E-state index in [1.165, 1.54) is 19.3 Å². The van der Waals surface area contributed by atoms with Gasteiger partial charge < -0.3 is 0 Å². The van der Waals surface area contributed by atoms with Gasteiger partial charge in [-0.15, -0.1) is 0 Å². The Hall–Kier alpha value is -1.18. The van der Waals surface area contributed by atoms with Crippen molar-refractivity contribution in [2.24, 2.45) is 0 Å². The normalized spacial score (nSPS) is 12.4. The maximum atomic E-state index is 11.6. The first-order valence-electron chi connectivity index (χ1n) is 6.22. The molecular weight excluding hydrogens is 198 g/mol. The van der Waals surface area contributed by atoms with Crippen LogP contribution in [0.4, 0.5) is 0 Å². The van der Waals surface area contributed by atoms with E-state index in [0.717, 1.165) is 12.8 Å². The molecule has 16 heavy (non-hydrogen) atoms. The molecule has 1 rings (SSSR count). The third-order valence-corrected chi connectivity index (χ3v) is 2.90. The van der Waals surface area contributed by atoms with E-state index in [9.17, 15) is 4.79 Å². The van der Waals surface area contributed by atoms with E-state index < -0.39 is 0 Å². The van der Waals surface area contributed by atoms with Crippen molar-refractivity contribution in [3.05, 3.63) is 30.6 Å². The third kappa shape index (κ3) is 4.13. The second-order valence-electron chi connectivity index (χ2n) is 4.30. The summed E-state index contributed by atoms with van der Waals surface area (Å²) in [6.45, 7) is 3.89. The Morgan fingerprint density at radius 3 is 2.38 bits per heavy atom. The molecule has 0 aromatic carbocycles. The van der Waals surface area contributed by atoms with Crippen LogP contribution >= 0.6 is 0 Å². The zero-order valence-corrected chi connectivity index (χ0v) is 10.4. The number of carbonyl (C=O) groups is 1. The topological polar surface area (TPSA) is 20.9 Å². The molecule has 1 unspecified atom stereocenters. The molecule has 1 atom stereocenters. The lowest BCUT2D eigenvalue weighted by Crippen LogP contribution is -2.42. The van der Waals surface area contributed by atoms with Crippen molar-refractivity contribution in [3.8, 4) is 0 Å². The van der Waals surface area contributed by atoms with E-state index >= 15 is 0 Å². The summed E-state index contributed by atoms with van der Waals surface area (Å²) in [7, 11) is 0. The summed E-state index contributed by atoms with van der Waals surface area (Å²) in [4.78, 5) is 11.6. The molecule has 1 aromatic rings. The molecule has 2 nitrogen and oxygen atoms in total. The van der Waals surface area contributed by atoms with Crippen LogP contribution in [0.15, 0.2) is 30.6 Å². The van der Waals surface area contributed by atoms with Crippen molar-refractivity contribution in [2.45, 2.75) is 52.0 Å². The molecule has 2 heteroatoms. The van der Waals surface area contributed by atoms with Gasteiger partial charge in [0.25, 0.3) is 0 Å². The number of Topliss-reactive ketones (excluding diaryl/α,β-unsaturated/α-hetero) is 1. The Balaban J connectivity index is 2.52. The van der Waals surface area contributed by atoms with Crippen molar-refractivity contribution in [1.29, 1.82) is 0 Å². The fourth-order valence-electron chi connectivity index (χ4n) is 1.95. The zero-order chi connectivity index (χ0) is 11.8. The minimum Gasteiger partial charge on any atom is -0.293 e. The number of hydrogen-bond donors (Lipinski definition) is 0. The molecule has 1 heterocycles. The number of hydrogen-bond acceptors (Lipinski definition) is 1. The number of aromatic nitrogens is 1. The molecule has 0 saturated carbocycles. The Morgan fingerprint density at radius 2 is 1.81 bits per heavy atom. The summed E-state index contributed by atoms with van der Waals surface area (Å²) in [5, 5.41) is 0. The first-order chi connectivity index (χ1) is 7.75. The van der Waals surface area contributed by atoms with Gasteiger partial charge in [0.2, 0.25) is 6.04 Å². The first kappa shape index (κ1) is 12.9. The van der Waals surface area contributed by atoms with E-state index in [2.05, 4.69) is 6.92 Å². The Bertz CT molecular complexity index is 308. The number of unbranched alkanes of at least 4 members (excludes halogenated alkanes) is 3. The Morgan fingerprint density at radius 1 is 1.12 bits per heavy atom. The van der Waals surface area contributed by atoms with E-state index in [-0.39, 0.29) is 11.8 Å². The molecule has 0 fully saturated rings. The molecule has 0 bridgehead atoms. The van der Waals surface area contributed by atoms with Gasteiger partial charge in [-0.25, -0.2) is 0 Å². The van der Waals surface area contributed by atoms with Crippen LogP contribution in [-0.2, 0) is 4.79 Å². The maximum Gasteiger partial charge on any atom is 0.215 e. The average Bonchev–Trinajstić information content (AvgIpc) is 2.30. The Kier molecular flexibility index (Phi) is 5.76. The molecule has 88 valence electrons. The van der Waals surface area contributed by atoms with Crippen LogP contribution in [-0.4, -0.2) is 5.78 Å². The predicted octanol–water partition coefficient (Wildman–Crippen LogP) is 3.07. The molecule has 0 N–H and O–H groups in total. The van der Waals surface area contributed by atoms with Crippen LogP contribution in [0.1, 0.15) is 52.0 Å². The van der Waals surface area contributed by atoms with Gasteiger partial charge in [-0.05, 0) is 6.42 Å². The van der Waals surface area contributed by atoms with Crippen molar-refractivity contribution in [3.63, 3.8) is 0 Å². The second-order valence-corrected chi connectivity index (χ2v) is 4.30. The van der Waals surface area contributed by atoms with Gasteiger partial charge in [-0.3, -0.25) is 4.79 Å². The monoisotopic (exact) mass is 220 g/mol. The fourth-order valence-corrected chi connectivity index (χ4v) is 1.95. The number of pyridine rings is 1. The number of rotatable bonds is 7. The SMILES string of the molecule is CCCCCCC(C(C)=O)[n+]1ccccc1. The first-order valence-corrected chi connectivity index (χ1v) is 6.22. The van der Waals surface area contributed by atoms with Crippen LogP contribution < -0.4 is 4.57 Å². The van der Waals surface area contributed by atoms with Crippen molar-refractivity contribution in [2.75, 3.05) is 0 Å². The quantitative estimate of drug-likeness (QED) is 0.511. The summed E-state index contributed by atoms with van der Waals surface area (Å²) >= 11 is 0. The molecule has 1 aromatic heterocycles. The second kappa shape index (κ2) is 7.15. The molecular formula is C14H22NO+. The van der Waals surface area contributed by atoms with Gasteiger partial charge in [0.15, 0.2) is 18.2 Å². The molecule has 0 amide bonds. The average molecular weight is 220 g/mol. The van der Waals surface area contributed by atoms with Crippen LogP contribution in [0.25, 0.3) is 0 Å². The highest BCUT2D eigenvalue weighted by atomic mass is 16.1. The summed E-state index contributed by atoms with van der Waals surface area (Å²) in [6, 6.07) is 5.95. The maximum absolute atomic E-state index is 11.6. The van der Waals surface area contributed by atoms with Gasteiger partial charge in [0, 0.05) is 25.5 Å². The van der Waals surface area contributed by atoms with Gasteiger partial charge in [-0.1, -0.05) is 32.3 Å². The van der Waals surface area contributed by atoms with Gasteiger partial charge in [-0.2, -0.15) is 4.57 Å². The van der Waals surface area contributed by atoms with Gasteiger partial charge in [0.05, 0.1) is 0 Å². The molecule has 0 spiro atoms. The lowest BCUT2D eigenvalue weighted by atomic mass is 10.0. The van der Waals surface area contributed by atoms with Crippen LogP contribution in [0.5, 0.6) is 0 Å². The van der Waals surface area contributed by atoms with Crippen molar-refractivity contribution in [1.82, 2.24) is 0 Å². The van der Waals surface area contributed by atoms with Crippen molar-refractivity contribution < 1.29 is 9.36 Å². The van der Waals surface area contributed by atoms with Crippen molar-refractivity contribution >= 4 is 5.78 Å². The van der Waals surface area contributed by atoms with E-state index in [4.69, 9.17) is 0 Å². The summed E-state index contributed by atoms with van der Waals surface area (Å²) < 4.78 is 2.02. The number of nitrogens with zero attached hydrogens (tertiary/aromatic N) is 1. The zero-order valence-electron chi connectivity index (χ0n) is 10.4.